The van der Waals surface area contributed by atoms with Crippen molar-refractivity contribution in [3.8, 4) is 5.75 Å². The van der Waals surface area contributed by atoms with Crippen molar-refractivity contribution in [1.82, 2.24) is 9.78 Å². The Morgan fingerprint density at radius 3 is 2.56 bits per heavy atom. The lowest BCUT2D eigenvalue weighted by atomic mass is 10.1. The van der Waals surface area contributed by atoms with Crippen molar-refractivity contribution < 1.29 is 14.3 Å². The van der Waals surface area contributed by atoms with Gasteiger partial charge in [0.25, 0.3) is 0 Å². The second-order valence-corrected chi connectivity index (χ2v) is 6.91. The number of para-hydroxylation sites is 1. The van der Waals surface area contributed by atoms with Gasteiger partial charge in [0, 0.05) is 15.9 Å². The first-order valence-corrected chi connectivity index (χ1v) is 8.67. The maximum absolute atomic E-state index is 12.7. The van der Waals surface area contributed by atoms with Crippen molar-refractivity contribution >= 4 is 38.6 Å². The fourth-order valence-electron chi connectivity index (χ4n) is 2.65. The van der Waals surface area contributed by atoms with Gasteiger partial charge >= 0.3 is 5.97 Å². The van der Waals surface area contributed by atoms with Gasteiger partial charge in [0.05, 0.1) is 11.1 Å². The van der Waals surface area contributed by atoms with Gasteiger partial charge < -0.3 is 4.74 Å². The predicted octanol–water partition coefficient (Wildman–Crippen LogP) is 4.80. The number of carbonyl (C=O) groups excluding carboxylic acids is 2. The molecule has 0 saturated heterocycles. The van der Waals surface area contributed by atoms with E-state index in [2.05, 4.69) is 21.0 Å². The highest BCUT2D eigenvalue weighted by Gasteiger charge is 2.21. The van der Waals surface area contributed by atoms with Crippen LogP contribution >= 0.6 is 15.9 Å². The number of ether oxygens (including phenoxy) is 1. The van der Waals surface area contributed by atoms with E-state index >= 15 is 0 Å². The lowest BCUT2D eigenvalue weighted by molar-refractivity contribution is 0.0727. The maximum atomic E-state index is 12.7. The summed E-state index contributed by atoms with van der Waals surface area (Å²) in [5.74, 6) is -0.536. The summed E-state index contributed by atoms with van der Waals surface area (Å²) in [6, 6.07) is 12.6. The highest BCUT2D eigenvalue weighted by Crippen LogP contribution is 2.27. The first-order valence-electron chi connectivity index (χ1n) is 7.88. The zero-order valence-electron chi connectivity index (χ0n) is 14.1. The van der Waals surface area contributed by atoms with Crippen LogP contribution in [0.25, 0.3) is 10.9 Å². The third kappa shape index (κ3) is 3.35. The molecule has 1 aromatic heterocycles. The van der Waals surface area contributed by atoms with Gasteiger partial charge in [-0.05, 0) is 45.0 Å². The summed E-state index contributed by atoms with van der Waals surface area (Å²) in [6.07, 6.45) is 0. The summed E-state index contributed by atoms with van der Waals surface area (Å²) < 4.78 is 8.03. The summed E-state index contributed by atoms with van der Waals surface area (Å²) in [5.41, 5.74) is 1.45. The van der Waals surface area contributed by atoms with Crippen molar-refractivity contribution in [1.29, 1.82) is 0 Å². The molecule has 0 aliphatic rings. The fourth-order valence-corrected chi connectivity index (χ4v) is 3.01. The SMILES string of the molecule is CC(=O)c1cc(Br)ccc1OC(=O)c1nn(C(C)C)c2ccccc12. The molecule has 1 heterocycles. The van der Waals surface area contributed by atoms with Crippen molar-refractivity contribution in [2.45, 2.75) is 26.8 Å². The normalized spacial score (nSPS) is 11.1. The molecule has 25 heavy (non-hydrogen) atoms. The van der Waals surface area contributed by atoms with Gasteiger partial charge in [0.2, 0.25) is 0 Å². The first kappa shape index (κ1) is 17.4. The van der Waals surface area contributed by atoms with Gasteiger partial charge in [0.15, 0.2) is 11.5 Å². The van der Waals surface area contributed by atoms with E-state index in [0.717, 1.165) is 15.4 Å². The van der Waals surface area contributed by atoms with E-state index in [1.807, 2.05) is 38.1 Å². The molecular formula is C19H17BrN2O3. The number of hydrogen-bond acceptors (Lipinski definition) is 4. The van der Waals surface area contributed by atoms with E-state index < -0.39 is 5.97 Å². The zero-order chi connectivity index (χ0) is 18.1. The number of nitrogens with zero attached hydrogens (tertiary/aromatic N) is 2. The Labute approximate surface area is 153 Å². The van der Waals surface area contributed by atoms with Crippen LogP contribution in [0, 0.1) is 0 Å². The van der Waals surface area contributed by atoms with Crippen LogP contribution in [0.2, 0.25) is 0 Å². The van der Waals surface area contributed by atoms with E-state index in [-0.39, 0.29) is 23.3 Å². The molecule has 0 saturated carbocycles. The van der Waals surface area contributed by atoms with Crippen LogP contribution in [0.5, 0.6) is 5.75 Å². The van der Waals surface area contributed by atoms with Crippen molar-refractivity contribution in [2.24, 2.45) is 0 Å². The number of benzene rings is 2. The van der Waals surface area contributed by atoms with Gasteiger partial charge in [-0.1, -0.05) is 34.1 Å². The molecule has 0 N–H and O–H groups in total. The van der Waals surface area contributed by atoms with Gasteiger partial charge in [0.1, 0.15) is 5.75 Å². The summed E-state index contributed by atoms with van der Waals surface area (Å²) in [7, 11) is 0. The van der Waals surface area contributed by atoms with Gasteiger partial charge in [-0.2, -0.15) is 5.10 Å². The summed E-state index contributed by atoms with van der Waals surface area (Å²) in [5, 5.41) is 5.15. The minimum atomic E-state index is -0.583. The smallest absolute Gasteiger partial charge is 0.364 e. The highest BCUT2D eigenvalue weighted by atomic mass is 79.9. The molecule has 2 aromatic carbocycles. The van der Waals surface area contributed by atoms with Gasteiger partial charge in [-0.15, -0.1) is 0 Å². The Bertz CT molecular complexity index is 976. The third-order valence-corrected chi connectivity index (χ3v) is 4.31. The third-order valence-electron chi connectivity index (χ3n) is 3.82. The lowest BCUT2D eigenvalue weighted by Crippen LogP contribution is -2.13. The average Bonchev–Trinajstić information content (AvgIpc) is 2.96. The number of Topliss-reactive ketones (excluding diaryl/α,β-unsaturated/α-hetero) is 1. The number of fused-ring (bicyclic) bond motifs is 1. The molecule has 0 radical (unpaired) electrons. The van der Waals surface area contributed by atoms with Gasteiger partial charge in [-0.25, -0.2) is 4.79 Å². The van der Waals surface area contributed by atoms with Crippen molar-refractivity contribution in [3.63, 3.8) is 0 Å². The van der Waals surface area contributed by atoms with Crippen LogP contribution < -0.4 is 4.74 Å². The Morgan fingerprint density at radius 2 is 1.88 bits per heavy atom. The number of carbonyl (C=O) groups is 2. The lowest BCUT2D eigenvalue weighted by Gasteiger charge is -2.08. The van der Waals surface area contributed by atoms with Crippen LogP contribution in [0.4, 0.5) is 0 Å². The Kier molecular flexibility index (Phi) is 4.72. The van der Waals surface area contributed by atoms with E-state index in [1.165, 1.54) is 6.92 Å². The molecular weight excluding hydrogens is 384 g/mol. The summed E-state index contributed by atoms with van der Waals surface area (Å²) in [6.45, 7) is 5.43. The molecule has 3 aromatic rings. The molecule has 0 aliphatic carbocycles. The monoisotopic (exact) mass is 400 g/mol. The van der Waals surface area contributed by atoms with Crippen molar-refractivity contribution in [2.75, 3.05) is 0 Å². The molecule has 0 fully saturated rings. The predicted molar refractivity (Wildman–Crippen MR) is 99.2 cm³/mol. The Morgan fingerprint density at radius 1 is 1.16 bits per heavy atom. The topological polar surface area (TPSA) is 61.2 Å². The number of hydrogen-bond donors (Lipinski definition) is 0. The zero-order valence-corrected chi connectivity index (χ0v) is 15.7. The standard InChI is InChI=1S/C19H17BrN2O3/c1-11(2)22-16-7-5-4-6-14(16)18(21-22)19(24)25-17-9-8-13(20)10-15(17)12(3)23/h4-11H,1-3H3. The molecule has 0 bridgehead atoms. The molecule has 0 spiro atoms. The first-order chi connectivity index (χ1) is 11.9. The average molecular weight is 401 g/mol. The molecule has 3 rings (SSSR count). The molecule has 5 nitrogen and oxygen atoms in total. The van der Waals surface area contributed by atoms with Crippen LogP contribution in [0.15, 0.2) is 46.9 Å². The molecule has 0 aliphatic heterocycles. The van der Waals surface area contributed by atoms with Crippen LogP contribution in [0.3, 0.4) is 0 Å². The summed E-state index contributed by atoms with van der Waals surface area (Å²) >= 11 is 3.32. The maximum Gasteiger partial charge on any atom is 0.364 e. The molecule has 0 amide bonds. The second-order valence-electron chi connectivity index (χ2n) is 5.99. The number of rotatable bonds is 4. The van der Waals surface area contributed by atoms with Crippen molar-refractivity contribution in [3.05, 3.63) is 58.2 Å². The van der Waals surface area contributed by atoms with E-state index in [1.54, 1.807) is 22.9 Å². The number of halogens is 1. The molecule has 0 atom stereocenters. The Balaban J connectivity index is 2.03. The number of aromatic nitrogens is 2. The molecule has 6 heteroatoms. The quantitative estimate of drug-likeness (QED) is 0.358. The second kappa shape index (κ2) is 6.80. The van der Waals surface area contributed by atoms with Gasteiger partial charge in [-0.3, -0.25) is 9.48 Å². The fraction of sp³-hybridized carbons (Fsp3) is 0.211. The number of ketones is 1. The number of esters is 1. The van der Waals surface area contributed by atoms with Crippen LogP contribution in [-0.2, 0) is 0 Å². The largest absolute Gasteiger partial charge is 0.421 e. The minimum Gasteiger partial charge on any atom is -0.421 e. The Hall–Kier alpha value is -2.47. The van der Waals surface area contributed by atoms with E-state index in [9.17, 15) is 9.59 Å². The van der Waals surface area contributed by atoms with E-state index in [4.69, 9.17) is 4.74 Å². The minimum absolute atomic E-state index is 0.104. The summed E-state index contributed by atoms with van der Waals surface area (Å²) in [4.78, 5) is 24.5. The molecule has 0 unspecified atom stereocenters. The van der Waals surface area contributed by atoms with Crippen LogP contribution in [0.1, 0.15) is 47.7 Å². The van der Waals surface area contributed by atoms with E-state index in [0.29, 0.717) is 5.56 Å². The highest BCUT2D eigenvalue weighted by molar-refractivity contribution is 9.10. The van der Waals surface area contributed by atoms with Crippen LogP contribution in [-0.4, -0.2) is 21.5 Å². The molecule has 128 valence electrons.